The first-order valence-corrected chi connectivity index (χ1v) is 13.9. The Kier molecular flexibility index (Phi) is 8.79. The van der Waals surface area contributed by atoms with Crippen molar-refractivity contribution in [3.63, 3.8) is 0 Å². The molecule has 1 aromatic rings. The van der Waals surface area contributed by atoms with E-state index in [4.69, 9.17) is 16.0 Å². The Morgan fingerprint density at radius 1 is 1.08 bits per heavy atom. The van der Waals surface area contributed by atoms with E-state index in [0.717, 1.165) is 37.0 Å². The van der Waals surface area contributed by atoms with E-state index < -0.39 is 34.0 Å². The van der Waals surface area contributed by atoms with Crippen molar-refractivity contribution in [2.45, 2.75) is 87.7 Å². The number of benzene rings is 1. The Hall–Kier alpha value is -2.50. The van der Waals surface area contributed by atoms with Crippen LogP contribution in [0.3, 0.4) is 0 Å². The van der Waals surface area contributed by atoms with Crippen molar-refractivity contribution in [3.8, 4) is 0 Å². The summed E-state index contributed by atoms with van der Waals surface area (Å²) in [5.74, 6) is 1.14. The Morgan fingerprint density at radius 3 is 2.03 bits per heavy atom. The number of primary amides is 1. The maximum Gasteiger partial charge on any atom is 0.294 e. The first-order chi connectivity index (χ1) is 16.8. The van der Waals surface area contributed by atoms with Crippen LogP contribution in [-0.4, -0.2) is 48.3 Å². The molecule has 3 amide bonds. The van der Waals surface area contributed by atoms with Crippen molar-refractivity contribution < 1.29 is 27.4 Å². The van der Waals surface area contributed by atoms with Gasteiger partial charge in [-0.2, -0.15) is 8.42 Å². The largest absolute Gasteiger partial charge is 0.368 e. The van der Waals surface area contributed by atoms with Crippen LogP contribution in [-0.2, 0) is 24.5 Å². The SMILES string of the molecule is C[C@H](N)C(=O)N[C@H](CCC(=O)NC12CC3CC(CC(C3)C1)C2)C(N)=O.Cc1ccccc1S(=O)(=O)O. The van der Waals surface area contributed by atoms with Gasteiger partial charge < -0.3 is 22.1 Å². The third-order valence-electron chi connectivity index (χ3n) is 7.55. The molecule has 0 saturated heterocycles. The summed E-state index contributed by atoms with van der Waals surface area (Å²) < 4.78 is 29.9. The highest BCUT2D eigenvalue weighted by Gasteiger charge is 2.51. The number of hydrogen-bond acceptors (Lipinski definition) is 6. The van der Waals surface area contributed by atoms with Gasteiger partial charge in [-0.15, -0.1) is 0 Å². The zero-order valence-electron chi connectivity index (χ0n) is 20.9. The summed E-state index contributed by atoms with van der Waals surface area (Å²) in [5.41, 5.74) is 11.3. The van der Waals surface area contributed by atoms with Crippen molar-refractivity contribution in [2.24, 2.45) is 29.2 Å². The molecule has 4 aliphatic carbocycles. The average Bonchev–Trinajstić information content (AvgIpc) is 2.74. The van der Waals surface area contributed by atoms with Crippen molar-refractivity contribution in [1.82, 2.24) is 10.6 Å². The second-order valence-electron chi connectivity index (χ2n) is 10.8. The minimum Gasteiger partial charge on any atom is -0.368 e. The molecule has 5 rings (SSSR count). The molecular weight excluding hydrogens is 484 g/mol. The van der Waals surface area contributed by atoms with Gasteiger partial charge in [0.25, 0.3) is 10.1 Å². The molecular formula is C25H38N4O6S. The molecule has 11 heteroatoms. The standard InChI is InChI=1S/C18H30N4O3.C7H8O3S/c1-10(19)17(25)21-14(16(20)24)2-3-15(23)22-18-7-11-4-12(8-18)6-13(5-11)9-18;1-6-4-2-3-5-7(6)11(8,9)10/h10-14H,2-9,19H2,1H3,(H2,20,24)(H,21,25)(H,22,23);2-5H,1H3,(H,8,9,10)/t10-,11?,12?,13?,14+,18?;/m0./s1. The lowest BCUT2D eigenvalue weighted by Gasteiger charge is -2.57. The highest BCUT2D eigenvalue weighted by atomic mass is 32.2. The predicted molar refractivity (Wildman–Crippen MR) is 134 cm³/mol. The predicted octanol–water partition coefficient (Wildman–Crippen LogP) is 1.41. The fourth-order valence-corrected chi connectivity index (χ4v) is 7.06. The van der Waals surface area contributed by atoms with Crippen LogP contribution < -0.4 is 22.1 Å². The number of aryl methyl sites for hydroxylation is 1. The van der Waals surface area contributed by atoms with Crippen molar-refractivity contribution in [2.75, 3.05) is 0 Å². The highest BCUT2D eigenvalue weighted by molar-refractivity contribution is 7.85. The van der Waals surface area contributed by atoms with Crippen LogP contribution in [0.15, 0.2) is 29.2 Å². The molecule has 7 N–H and O–H groups in total. The zero-order chi connectivity index (χ0) is 26.7. The second-order valence-corrected chi connectivity index (χ2v) is 12.2. The normalized spacial score (nSPS) is 27.8. The molecule has 0 heterocycles. The molecule has 0 aromatic heterocycles. The fraction of sp³-hybridized carbons (Fsp3) is 0.640. The van der Waals surface area contributed by atoms with Gasteiger partial charge in [-0.05, 0) is 88.2 Å². The highest BCUT2D eigenvalue weighted by Crippen LogP contribution is 2.55. The minimum atomic E-state index is -4.03. The summed E-state index contributed by atoms with van der Waals surface area (Å²) >= 11 is 0. The van der Waals surface area contributed by atoms with Gasteiger partial charge in [-0.3, -0.25) is 18.9 Å². The molecule has 0 radical (unpaired) electrons. The summed E-state index contributed by atoms with van der Waals surface area (Å²) in [4.78, 5) is 35.6. The maximum atomic E-state index is 12.5. The van der Waals surface area contributed by atoms with Crippen LogP contribution in [0.2, 0.25) is 0 Å². The summed E-state index contributed by atoms with van der Waals surface area (Å²) in [5, 5.41) is 5.78. The van der Waals surface area contributed by atoms with Crippen LogP contribution in [0.1, 0.15) is 63.9 Å². The number of hydrogen-bond donors (Lipinski definition) is 5. The van der Waals surface area contributed by atoms with Crippen LogP contribution >= 0.6 is 0 Å². The van der Waals surface area contributed by atoms with E-state index in [0.29, 0.717) is 5.56 Å². The van der Waals surface area contributed by atoms with Crippen molar-refractivity contribution in [3.05, 3.63) is 29.8 Å². The molecule has 10 nitrogen and oxygen atoms in total. The first-order valence-electron chi connectivity index (χ1n) is 12.5. The fourth-order valence-electron chi connectivity index (χ4n) is 6.33. The van der Waals surface area contributed by atoms with Crippen LogP contribution in [0.4, 0.5) is 0 Å². The molecule has 4 fully saturated rings. The second kappa shape index (κ2) is 11.3. The topological polar surface area (TPSA) is 182 Å². The Morgan fingerprint density at radius 2 is 1.61 bits per heavy atom. The van der Waals surface area contributed by atoms with Crippen molar-refractivity contribution >= 4 is 27.8 Å². The summed E-state index contributed by atoms with van der Waals surface area (Å²) in [7, 11) is -4.03. The smallest absolute Gasteiger partial charge is 0.294 e. The molecule has 1 aromatic carbocycles. The summed E-state index contributed by atoms with van der Waals surface area (Å²) in [6.07, 6.45) is 7.61. The molecule has 200 valence electrons. The first kappa shape index (κ1) is 28.1. The van der Waals surface area contributed by atoms with E-state index >= 15 is 0 Å². The Bertz CT molecular complexity index is 1050. The molecule has 0 aliphatic heterocycles. The number of rotatable bonds is 8. The van der Waals surface area contributed by atoms with E-state index in [-0.39, 0.29) is 29.2 Å². The van der Waals surface area contributed by atoms with Crippen LogP contribution in [0.5, 0.6) is 0 Å². The third-order valence-corrected chi connectivity index (χ3v) is 8.56. The quantitative estimate of drug-likeness (QED) is 0.320. The monoisotopic (exact) mass is 522 g/mol. The number of nitrogens with two attached hydrogens (primary N) is 2. The Balaban J connectivity index is 0.000000275. The van der Waals surface area contributed by atoms with Gasteiger partial charge in [0.15, 0.2) is 0 Å². The van der Waals surface area contributed by atoms with E-state index in [1.807, 2.05) is 0 Å². The molecule has 2 atom stereocenters. The lowest BCUT2D eigenvalue weighted by Crippen LogP contribution is -2.60. The van der Waals surface area contributed by atoms with Gasteiger partial charge >= 0.3 is 0 Å². The van der Waals surface area contributed by atoms with E-state index in [1.165, 1.54) is 32.3 Å². The van der Waals surface area contributed by atoms with Gasteiger partial charge in [0.2, 0.25) is 17.7 Å². The lowest BCUT2D eigenvalue weighted by atomic mass is 9.53. The zero-order valence-corrected chi connectivity index (χ0v) is 21.7. The van der Waals surface area contributed by atoms with E-state index in [1.54, 1.807) is 25.1 Å². The van der Waals surface area contributed by atoms with Gasteiger partial charge in [0.1, 0.15) is 6.04 Å². The number of carbonyl (C=O) groups is 3. The number of amides is 3. The van der Waals surface area contributed by atoms with Gasteiger partial charge in [-0.1, -0.05) is 18.2 Å². The van der Waals surface area contributed by atoms with Gasteiger partial charge in [0, 0.05) is 12.0 Å². The number of nitrogens with one attached hydrogen (secondary N) is 2. The molecule has 4 aliphatic rings. The minimum absolute atomic E-state index is 0.0278. The maximum absolute atomic E-state index is 12.5. The Labute approximate surface area is 212 Å². The molecule has 36 heavy (non-hydrogen) atoms. The van der Waals surface area contributed by atoms with E-state index in [2.05, 4.69) is 10.6 Å². The molecule has 0 spiro atoms. The lowest BCUT2D eigenvalue weighted by molar-refractivity contribution is -0.130. The molecule has 0 unspecified atom stereocenters. The van der Waals surface area contributed by atoms with Gasteiger partial charge in [-0.25, -0.2) is 0 Å². The van der Waals surface area contributed by atoms with Crippen LogP contribution in [0, 0.1) is 24.7 Å². The third kappa shape index (κ3) is 7.27. The average molecular weight is 523 g/mol. The molecule has 4 saturated carbocycles. The van der Waals surface area contributed by atoms with Gasteiger partial charge in [0.05, 0.1) is 10.9 Å². The van der Waals surface area contributed by atoms with Crippen LogP contribution in [0.25, 0.3) is 0 Å². The molecule has 4 bridgehead atoms. The number of carbonyl (C=O) groups excluding carboxylic acids is 3. The summed E-state index contributed by atoms with van der Waals surface area (Å²) in [6.45, 7) is 3.16. The summed E-state index contributed by atoms with van der Waals surface area (Å²) in [6, 6.07) is 4.69. The van der Waals surface area contributed by atoms with E-state index in [9.17, 15) is 22.8 Å². The van der Waals surface area contributed by atoms with Crippen molar-refractivity contribution in [1.29, 1.82) is 0 Å².